The van der Waals surface area contributed by atoms with E-state index >= 15 is 0 Å². The summed E-state index contributed by atoms with van der Waals surface area (Å²) in [5, 5.41) is 3.96. The molecule has 1 N–H and O–H groups in total. The second-order valence-corrected chi connectivity index (χ2v) is 6.68. The van der Waals surface area contributed by atoms with Gasteiger partial charge in [-0.05, 0) is 66.0 Å². The summed E-state index contributed by atoms with van der Waals surface area (Å²) < 4.78 is 13.6. The summed E-state index contributed by atoms with van der Waals surface area (Å²) in [4.78, 5) is 24.4. The van der Waals surface area contributed by atoms with Crippen molar-refractivity contribution < 1.29 is 14.3 Å². The molecule has 0 bridgehead atoms. The molecule has 1 heterocycles. The summed E-state index contributed by atoms with van der Waals surface area (Å²) >= 11 is 3.48. The van der Waals surface area contributed by atoms with Crippen LogP contribution < -0.4 is 20.5 Å². The number of carbonyl (C=O) groups excluding carboxylic acids is 1. The fourth-order valence-electron chi connectivity index (χ4n) is 2.45. The highest BCUT2D eigenvalue weighted by Crippen LogP contribution is 2.36. The van der Waals surface area contributed by atoms with Crippen molar-refractivity contribution in [2.24, 2.45) is 5.10 Å². The Morgan fingerprint density at radius 1 is 1.29 bits per heavy atom. The van der Waals surface area contributed by atoms with Crippen LogP contribution in [0.1, 0.15) is 43.1 Å². The number of pyridine rings is 1. The van der Waals surface area contributed by atoms with E-state index in [1.165, 1.54) is 16.8 Å². The maximum atomic E-state index is 12.2. The molecule has 1 aromatic heterocycles. The van der Waals surface area contributed by atoms with Crippen LogP contribution in [0.4, 0.5) is 0 Å². The predicted molar refractivity (Wildman–Crippen MR) is 113 cm³/mol. The Labute approximate surface area is 172 Å². The van der Waals surface area contributed by atoms with E-state index < -0.39 is 5.91 Å². The summed E-state index contributed by atoms with van der Waals surface area (Å²) in [6, 6.07) is 6.73. The second kappa shape index (κ2) is 10.7. The molecule has 28 heavy (non-hydrogen) atoms. The first-order valence-electron chi connectivity index (χ1n) is 9.13. The Balaban J connectivity index is 2.17. The van der Waals surface area contributed by atoms with Gasteiger partial charge in [0.05, 0.1) is 23.9 Å². The predicted octanol–water partition coefficient (Wildman–Crippen LogP) is 3.58. The minimum absolute atomic E-state index is 0.0426. The molecule has 0 aliphatic carbocycles. The number of aryl methyl sites for hydroxylation is 1. The van der Waals surface area contributed by atoms with Crippen LogP contribution in [0.3, 0.4) is 0 Å². The number of rotatable bonds is 9. The van der Waals surface area contributed by atoms with E-state index in [0.29, 0.717) is 36.8 Å². The Bertz CT molecular complexity index is 909. The van der Waals surface area contributed by atoms with Crippen LogP contribution in [0.5, 0.6) is 11.5 Å². The molecule has 0 fully saturated rings. The maximum Gasteiger partial charge on any atom is 0.276 e. The zero-order valence-corrected chi connectivity index (χ0v) is 17.8. The van der Waals surface area contributed by atoms with Gasteiger partial charge in [0, 0.05) is 12.7 Å². The van der Waals surface area contributed by atoms with Gasteiger partial charge >= 0.3 is 0 Å². The van der Waals surface area contributed by atoms with Gasteiger partial charge in [-0.3, -0.25) is 9.59 Å². The van der Waals surface area contributed by atoms with Crippen LogP contribution in [0, 0.1) is 0 Å². The van der Waals surface area contributed by atoms with Crippen molar-refractivity contribution in [1.82, 2.24) is 9.99 Å². The average Bonchev–Trinajstić information content (AvgIpc) is 2.67. The van der Waals surface area contributed by atoms with Gasteiger partial charge in [-0.1, -0.05) is 6.92 Å². The zero-order chi connectivity index (χ0) is 20.5. The van der Waals surface area contributed by atoms with Crippen molar-refractivity contribution in [3.63, 3.8) is 0 Å². The lowest BCUT2D eigenvalue weighted by Gasteiger charge is -2.14. The molecule has 0 saturated heterocycles. The molecule has 0 unspecified atom stereocenters. The van der Waals surface area contributed by atoms with Gasteiger partial charge in [0.25, 0.3) is 11.5 Å². The number of halogens is 1. The highest BCUT2D eigenvalue weighted by Gasteiger charge is 2.13. The van der Waals surface area contributed by atoms with Crippen LogP contribution in [-0.2, 0) is 6.54 Å². The fraction of sp³-hybridized carbons (Fsp3) is 0.350. The van der Waals surface area contributed by atoms with E-state index in [9.17, 15) is 9.59 Å². The maximum absolute atomic E-state index is 12.2. The lowest BCUT2D eigenvalue weighted by atomic mass is 10.2. The lowest BCUT2D eigenvalue weighted by Crippen LogP contribution is -2.30. The van der Waals surface area contributed by atoms with Gasteiger partial charge in [-0.2, -0.15) is 5.10 Å². The van der Waals surface area contributed by atoms with E-state index in [1.807, 2.05) is 26.8 Å². The van der Waals surface area contributed by atoms with Gasteiger partial charge < -0.3 is 14.0 Å². The van der Waals surface area contributed by atoms with Crippen LogP contribution in [0.15, 0.2) is 44.8 Å². The molecule has 0 saturated carbocycles. The Kier molecular flexibility index (Phi) is 8.25. The largest absolute Gasteiger partial charge is 0.490 e. The number of nitrogens with zero attached hydrogens (tertiary/aromatic N) is 2. The molecular formula is C20H24BrN3O4. The van der Waals surface area contributed by atoms with Crippen LogP contribution in [-0.4, -0.2) is 29.9 Å². The van der Waals surface area contributed by atoms with Crippen LogP contribution in [0.2, 0.25) is 0 Å². The van der Waals surface area contributed by atoms with Crippen molar-refractivity contribution in [2.45, 2.75) is 33.7 Å². The lowest BCUT2D eigenvalue weighted by molar-refractivity contribution is 0.0953. The SMILES string of the molecule is CCCOc1c(Br)cc(/C=N\NC(=O)c2cccn(CC)c2=O)cc1OCC. The van der Waals surface area contributed by atoms with Gasteiger partial charge in [-0.15, -0.1) is 0 Å². The molecule has 0 atom stereocenters. The van der Waals surface area contributed by atoms with E-state index in [2.05, 4.69) is 26.5 Å². The van der Waals surface area contributed by atoms with E-state index in [4.69, 9.17) is 9.47 Å². The number of carbonyl (C=O) groups is 1. The number of benzene rings is 1. The highest BCUT2D eigenvalue weighted by molar-refractivity contribution is 9.10. The molecular weight excluding hydrogens is 426 g/mol. The molecule has 0 spiro atoms. The standard InChI is InChI=1S/C20H24BrN3O4/c1-4-10-28-18-16(21)11-14(12-17(18)27-6-3)13-22-23-19(25)15-8-7-9-24(5-2)20(15)26/h7-9,11-13H,4-6,10H2,1-3H3,(H,23,25)/b22-13-. The highest BCUT2D eigenvalue weighted by atomic mass is 79.9. The minimum Gasteiger partial charge on any atom is -0.490 e. The first kappa shape index (κ1) is 21.7. The van der Waals surface area contributed by atoms with Crippen LogP contribution in [0.25, 0.3) is 0 Å². The fourth-order valence-corrected chi connectivity index (χ4v) is 3.03. The van der Waals surface area contributed by atoms with Crippen LogP contribution >= 0.6 is 15.9 Å². The minimum atomic E-state index is -0.559. The summed E-state index contributed by atoms with van der Waals surface area (Å²) in [6.07, 6.45) is 4.00. The number of nitrogens with one attached hydrogen (secondary N) is 1. The molecule has 7 nitrogen and oxygen atoms in total. The summed E-state index contributed by atoms with van der Waals surface area (Å²) in [5.41, 5.74) is 2.79. The Morgan fingerprint density at radius 3 is 2.75 bits per heavy atom. The quantitative estimate of drug-likeness (QED) is 0.468. The van der Waals surface area contributed by atoms with Crippen molar-refractivity contribution in [2.75, 3.05) is 13.2 Å². The number of hydrogen-bond acceptors (Lipinski definition) is 5. The van der Waals surface area contributed by atoms with E-state index in [0.717, 1.165) is 10.9 Å². The second-order valence-electron chi connectivity index (χ2n) is 5.82. The number of hydrogen-bond donors (Lipinski definition) is 1. The van der Waals surface area contributed by atoms with Crippen molar-refractivity contribution in [3.05, 3.63) is 56.4 Å². The third kappa shape index (κ3) is 5.45. The Hall–Kier alpha value is -2.61. The molecule has 0 aliphatic heterocycles. The monoisotopic (exact) mass is 449 g/mol. The number of aromatic nitrogens is 1. The number of amides is 1. The van der Waals surface area contributed by atoms with Crippen molar-refractivity contribution in [3.8, 4) is 11.5 Å². The number of ether oxygens (including phenoxy) is 2. The van der Waals surface area contributed by atoms with Gasteiger partial charge in [-0.25, -0.2) is 5.43 Å². The molecule has 1 aromatic carbocycles. The molecule has 1 amide bonds. The van der Waals surface area contributed by atoms with Crippen molar-refractivity contribution >= 4 is 28.1 Å². The summed E-state index contributed by atoms with van der Waals surface area (Å²) in [6.45, 7) is 7.31. The van der Waals surface area contributed by atoms with Gasteiger partial charge in [0.15, 0.2) is 11.5 Å². The number of hydrazone groups is 1. The Morgan fingerprint density at radius 2 is 2.07 bits per heavy atom. The normalized spacial score (nSPS) is 10.9. The molecule has 0 aliphatic rings. The first-order valence-corrected chi connectivity index (χ1v) is 9.93. The summed E-state index contributed by atoms with van der Waals surface area (Å²) in [5.74, 6) is 0.664. The third-order valence-corrected chi connectivity index (χ3v) is 4.36. The van der Waals surface area contributed by atoms with Crippen molar-refractivity contribution in [1.29, 1.82) is 0 Å². The smallest absolute Gasteiger partial charge is 0.276 e. The molecule has 2 aromatic rings. The topological polar surface area (TPSA) is 81.9 Å². The van der Waals surface area contributed by atoms with Gasteiger partial charge in [0.2, 0.25) is 0 Å². The van der Waals surface area contributed by atoms with E-state index in [1.54, 1.807) is 18.3 Å². The van der Waals surface area contributed by atoms with Gasteiger partial charge in [0.1, 0.15) is 5.56 Å². The first-order chi connectivity index (χ1) is 13.5. The third-order valence-electron chi connectivity index (χ3n) is 3.77. The average molecular weight is 450 g/mol. The zero-order valence-electron chi connectivity index (χ0n) is 16.2. The van der Waals surface area contributed by atoms with E-state index in [-0.39, 0.29) is 11.1 Å². The molecule has 8 heteroatoms. The molecule has 150 valence electrons. The molecule has 0 radical (unpaired) electrons. The summed E-state index contributed by atoms with van der Waals surface area (Å²) in [7, 11) is 0. The molecule has 2 rings (SSSR count).